The van der Waals surface area contributed by atoms with Crippen LogP contribution in [0, 0.1) is 0 Å². The molecule has 16 heteroatoms. The maximum Gasteiger partial charge on any atom is 0.479 e. The maximum atomic E-state index is 12.6. The summed E-state index contributed by atoms with van der Waals surface area (Å²) in [7, 11) is -9.52. The smallest absolute Gasteiger partial charge is 0.451 e. The summed E-state index contributed by atoms with van der Waals surface area (Å²) in [4.78, 5) is 58.2. The fraction of sp³-hybridized carbons (Fsp3) is 0.476. The number of unbranched alkanes of at least 4 members (excludes halogenated alkanes) is 2. The number of hydrogen-bond donors (Lipinski definition) is 4. The summed E-state index contributed by atoms with van der Waals surface area (Å²) in [6.45, 7) is 1.03. The molecule has 1 aliphatic heterocycles. The van der Waals surface area contributed by atoms with Gasteiger partial charge in [0.05, 0.1) is 18.3 Å². The van der Waals surface area contributed by atoms with Crippen molar-refractivity contribution in [3.63, 3.8) is 0 Å². The Morgan fingerprint density at radius 2 is 1.84 bits per heavy atom. The van der Waals surface area contributed by atoms with E-state index in [0.29, 0.717) is 12.8 Å². The largest absolute Gasteiger partial charge is 0.479 e. The third kappa shape index (κ3) is 8.03. The number of H-pyrrole nitrogens is 1. The van der Waals surface area contributed by atoms with Crippen LogP contribution in [0.2, 0.25) is 0 Å². The number of phosphoric acid groups is 1. The lowest BCUT2D eigenvalue weighted by molar-refractivity contribution is -0.0596. The number of nitrogens with one attached hydrogen (secondary N) is 1. The molecule has 0 saturated carbocycles. The number of hydrogen-bond acceptors (Lipinski definition) is 10. The number of aromatic amines is 1. The predicted molar refractivity (Wildman–Crippen MR) is 128 cm³/mol. The number of nitrogens with zero attached hydrogens (tertiary/aromatic N) is 1. The fourth-order valence-corrected chi connectivity index (χ4v) is 6.32. The van der Waals surface area contributed by atoms with Crippen molar-refractivity contribution in [2.75, 3.05) is 12.8 Å². The molecule has 14 nitrogen and oxygen atoms in total. The molecular weight excluding hydrogens is 534 g/mol. The van der Waals surface area contributed by atoms with E-state index in [0.717, 1.165) is 23.3 Å². The molecule has 0 bridgehead atoms. The summed E-state index contributed by atoms with van der Waals surface area (Å²) in [5.74, 6) is -0.859. The van der Waals surface area contributed by atoms with Crippen LogP contribution in [0.3, 0.4) is 0 Å². The standard InChI is InChI=1S/C21H28N2O12P2/c1-2-3-7-12-36(28,29)35-37(30,31)32-13-15-17(25)18(34-20(26)14-8-5-4-6-9-14)19(33-15)23-11-10-16(24)22-21(23)27/h4-6,8-11,15,17-19,25H,2-3,7,12-13H2,1H3,(H,28,29)(H,30,31)(H,22,24,27)/t15-,17?,18+,19-/m1/s1. The van der Waals surface area contributed by atoms with Gasteiger partial charge in [0.1, 0.15) is 12.2 Å². The fourth-order valence-electron chi connectivity index (χ4n) is 3.56. The lowest BCUT2D eigenvalue weighted by atomic mass is 10.1. The summed E-state index contributed by atoms with van der Waals surface area (Å²) >= 11 is 0. The zero-order valence-corrected chi connectivity index (χ0v) is 21.5. The predicted octanol–water partition coefficient (Wildman–Crippen LogP) is 1.53. The molecule has 3 rings (SSSR count). The number of aromatic nitrogens is 2. The summed E-state index contributed by atoms with van der Waals surface area (Å²) in [6.07, 6.45) is -3.74. The normalized spacial score (nSPS) is 24.8. The lowest BCUT2D eigenvalue weighted by Gasteiger charge is -2.22. The van der Waals surface area contributed by atoms with Gasteiger partial charge in [-0.1, -0.05) is 38.0 Å². The second-order valence-corrected chi connectivity index (χ2v) is 11.8. The Morgan fingerprint density at radius 1 is 1.14 bits per heavy atom. The van der Waals surface area contributed by atoms with Crippen molar-refractivity contribution in [1.29, 1.82) is 0 Å². The third-order valence-corrected chi connectivity index (χ3v) is 8.57. The molecule has 0 radical (unpaired) electrons. The Labute approximate surface area is 210 Å². The van der Waals surface area contributed by atoms with Crippen molar-refractivity contribution in [1.82, 2.24) is 9.55 Å². The van der Waals surface area contributed by atoms with Gasteiger partial charge in [0.15, 0.2) is 12.3 Å². The molecule has 6 atom stereocenters. The minimum Gasteiger partial charge on any atom is -0.451 e. The Morgan fingerprint density at radius 3 is 2.49 bits per heavy atom. The van der Waals surface area contributed by atoms with E-state index in [1.807, 2.05) is 11.9 Å². The van der Waals surface area contributed by atoms with E-state index in [-0.39, 0.29) is 11.7 Å². The highest BCUT2D eigenvalue weighted by Crippen LogP contribution is 2.60. The number of aliphatic hydroxyl groups is 1. The monoisotopic (exact) mass is 562 g/mol. The molecular formula is C21H28N2O12P2. The molecule has 204 valence electrons. The molecule has 2 heterocycles. The topological polar surface area (TPSA) is 204 Å². The van der Waals surface area contributed by atoms with E-state index < -0.39 is 63.8 Å². The lowest BCUT2D eigenvalue weighted by Crippen LogP contribution is -2.40. The van der Waals surface area contributed by atoms with Gasteiger partial charge in [0.2, 0.25) is 0 Å². The van der Waals surface area contributed by atoms with Crippen LogP contribution in [-0.2, 0) is 27.4 Å². The first-order valence-electron chi connectivity index (χ1n) is 11.3. The second-order valence-electron chi connectivity index (χ2n) is 8.22. The third-order valence-electron chi connectivity index (χ3n) is 5.37. The van der Waals surface area contributed by atoms with Crippen LogP contribution in [0.1, 0.15) is 42.8 Å². The first-order valence-corrected chi connectivity index (χ1v) is 14.6. The Kier molecular flexibility index (Phi) is 9.79. The van der Waals surface area contributed by atoms with Crippen LogP contribution < -0.4 is 11.2 Å². The van der Waals surface area contributed by atoms with Crippen LogP contribution in [0.5, 0.6) is 0 Å². The van der Waals surface area contributed by atoms with Crippen molar-refractivity contribution >= 4 is 21.4 Å². The molecule has 1 fully saturated rings. The molecule has 1 saturated heterocycles. The van der Waals surface area contributed by atoms with Gasteiger partial charge in [0.25, 0.3) is 5.56 Å². The molecule has 1 aliphatic rings. The highest BCUT2D eigenvalue weighted by Gasteiger charge is 2.49. The summed E-state index contributed by atoms with van der Waals surface area (Å²) in [6, 6.07) is 8.76. The quantitative estimate of drug-likeness (QED) is 0.165. The van der Waals surface area contributed by atoms with Gasteiger partial charge in [-0.25, -0.2) is 18.5 Å². The Bertz CT molecular complexity index is 1280. The number of esters is 1. The first kappa shape index (κ1) is 29.2. The molecule has 1 aromatic heterocycles. The molecule has 0 aliphatic carbocycles. The molecule has 4 N–H and O–H groups in total. The van der Waals surface area contributed by atoms with Crippen LogP contribution in [0.25, 0.3) is 0 Å². The van der Waals surface area contributed by atoms with Gasteiger partial charge in [0, 0.05) is 12.3 Å². The summed E-state index contributed by atoms with van der Waals surface area (Å²) in [5.41, 5.74) is -1.50. The van der Waals surface area contributed by atoms with Crippen molar-refractivity contribution in [3.05, 3.63) is 69.0 Å². The minimum absolute atomic E-state index is 0.136. The Balaban J connectivity index is 1.77. The van der Waals surface area contributed by atoms with Gasteiger partial charge in [-0.15, -0.1) is 0 Å². The van der Waals surface area contributed by atoms with E-state index in [1.54, 1.807) is 18.2 Å². The summed E-state index contributed by atoms with van der Waals surface area (Å²) < 4.78 is 45.4. The highest BCUT2D eigenvalue weighted by molar-refractivity contribution is 7.64. The number of carbonyl (C=O) groups excluding carboxylic acids is 1. The van der Waals surface area contributed by atoms with Crippen LogP contribution in [0.4, 0.5) is 0 Å². The van der Waals surface area contributed by atoms with Crippen LogP contribution in [0.15, 0.2) is 52.2 Å². The van der Waals surface area contributed by atoms with E-state index in [2.05, 4.69) is 4.31 Å². The average Bonchev–Trinajstić information content (AvgIpc) is 3.12. The highest BCUT2D eigenvalue weighted by atomic mass is 31.3. The molecule has 2 aromatic rings. The molecule has 0 spiro atoms. The van der Waals surface area contributed by atoms with Gasteiger partial charge in [-0.05, 0) is 18.6 Å². The number of phosphoric ester groups is 1. The number of carbonyl (C=O) groups is 1. The first-order chi connectivity index (χ1) is 17.4. The number of rotatable bonds is 12. The van der Waals surface area contributed by atoms with Crippen LogP contribution >= 0.6 is 15.4 Å². The van der Waals surface area contributed by atoms with Gasteiger partial charge >= 0.3 is 27.1 Å². The van der Waals surface area contributed by atoms with Gasteiger partial charge in [-0.3, -0.25) is 23.4 Å². The molecule has 3 unspecified atom stereocenters. The van der Waals surface area contributed by atoms with Gasteiger partial charge < -0.3 is 24.4 Å². The number of aliphatic hydroxyl groups excluding tert-OH is 1. The van der Waals surface area contributed by atoms with Crippen molar-refractivity contribution in [2.24, 2.45) is 0 Å². The minimum atomic E-state index is -5.07. The van der Waals surface area contributed by atoms with E-state index in [4.69, 9.17) is 14.0 Å². The number of ether oxygens (including phenoxy) is 2. The second kappa shape index (κ2) is 12.4. The van der Waals surface area contributed by atoms with E-state index in [9.17, 15) is 38.4 Å². The molecule has 37 heavy (non-hydrogen) atoms. The summed E-state index contributed by atoms with van der Waals surface area (Å²) in [5, 5.41) is 10.8. The average molecular weight is 562 g/mol. The molecule has 1 aromatic carbocycles. The van der Waals surface area contributed by atoms with Gasteiger partial charge in [-0.2, -0.15) is 0 Å². The van der Waals surface area contributed by atoms with E-state index >= 15 is 0 Å². The maximum absolute atomic E-state index is 12.6. The van der Waals surface area contributed by atoms with Crippen molar-refractivity contribution in [2.45, 2.75) is 50.7 Å². The zero-order chi connectivity index (χ0) is 27.2. The SMILES string of the molecule is CCCCCP(=O)(O)OP(=O)(O)OC[C@H]1O[C@@H](n2ccc(=O)[nH]c2=O)[C@@H](OC(=O)c2ccccc2)C1O. The zero-order valence-electron chi connectivity index (χ0n) is 19.7. The Hall–Kier alpha value is -2.41. The number of benzene rings is 1. The van der Waals surface area contributed by atoms with Crippen molar-refractivity contribution in [3.8, 4) is 0 Å². The van der Waals surface area contributed by atoms with Crippen molar-refractivity contribution < 1.29 is 47.1 Å². The van der Waals surface area contributed by atoms with Crippen LogP contribution in [-0.4, -0.2) is 61.5 Å². The molecule has 0 amide bonds. The van der Waals surface area contributed by atoms with E-state index in [1.165, 1.54) is 12.1 Å².